The molecular weight excluding hydrogens is 243 g/mol. The highest BCUT2D eigenvalue weighted by atomic mass is 19.1. The van der Waals surface area contributed by atoms with E-state index in [-0.39, 0.29) is 23.7 Å². The molecule has 0 saturated heterocycles. The minimum absolute atomic E-state index is 0.0379. The maximum Gasteiger partial charge on any atom is 0.229 e. The molecular formula is C15H21FN2O. The number of hydrogen-bond acceptors (Lipinski definition) is 2. The Morgan fingerprint density at radius 1 is 1.32 bits per heavy atom. The molecule has 0 aromatic heterocycles. The zero-order chi connectivity index (χ0) is 13.8. The predicted octanol–water partition coefficient (Wildman–Crippen LogP) is 2.98. The van der Waals surface area contributed by atoms with Crippen molar-refractivity contribution in [3.8, 4) is 0 Å². The van der Waals surface area contributed by atoms with Gasteiger partial charge in [0.25, 0.3) is 0 Å². The fourth-order valence-electron chi connectivity index (χ4n) is 2.65. The standard InChI is InChI=1S/C15H21FN2O/c1-10-9-11(16)7-8-14(10)18-15(19)12-5-3-2-4-6-13(12)17/h7-9,12-13H,2-6,17H2,1H3,(H,18,19). The monoisotopic (exact) mass is 264 g/mol. The lowest BCUT2D eigenvalue weighted by Crippen LogP contribution is -2.37. The topological polar surface area (TPSA) is 55.1 Å². The summed E-state index contributed by atoms with van der Waals surface area (Å²) >= 11 is 0. The summed E-state index contributed by atoms with van der Waals surface area (Å²) in [6, 6.07) is 4.31. The van der Waals surface area contributed by atoms with E-state index in [1.165, 1.54) is 12.1 Å². The first-order chi connectivity index (χ1) is 9.08. The highest BCUT2D eigenvalue weighted by molar-refractivity contribution is 5.93. The summed E-state index contributed by atoms with van der Waals surface area (Å²) in [5.74, 6) is -0.460. The summed E-state index contributed by atoms with van der Waals surface area (Å²) in [5.41, 5.74) is 7.48. The van der Waals surface area contributed by atoms with Crippen molar-refractivity contribution in [1.29, 1.82) is 0 Å². The van der Waals surface area contributed by atoms with E-state index in [2.05, 4.69) is 5.32 Å². The van der Waals surface area contributed by atoms with E-state index in [0.717, 1.165) is 37.7 Å². The van der Waals surface area contributed by atoms with Crippen molar-refractivity contribution < 1.29 is 9.18 Å². The van der Waals surface area contributed by atoms with Gasteiger partial charge in [0.2, 0.25) is 5.91 Å². The number of hydrogen-bond donors (Lipinski definition) is 2. The molecule has 1 aromatic rings. The van der Waals surface area contributed by atoms with Crippen LogP contribution in [0.25, 0.3) is 0 Å². The molecule has 2 rings (SSSR count). The van der Waals surface area contributed by atoms with Crippen LogP contribution in [-0.4, -0.2) is 11.9 Å². The summed E-state index contributed by atoms with van der Waals surface area (Å²) < 4.78 is 13.0. The second-order valence-electron chi connectivity index (χ2n) is 5.36. The molecule has 104 valence electrons. The quantitative estimate of drug-likeness (QED) is 0.807. The minimum atomic E-state index is -0.290. The maximum atomic E-state index is 13.0. The van der Waals surface area contributed by atoms with Crippen LogP contribution >= 0.6 is 0 Å². The molecule has 2 unspecified atom stereocenters. The van der Waals surface area contributed by atoms with Gasteiger partial charge in [-0.15, -0.1) is 0 Å². The van der Waals surface area contributed by atoms with Crippen LogP contribution in [0, 0.1) is 18.7 Å². The molecule has 0 aliphatic heterocycles. The van der Waals surface area contributed by atoms with Crippen LogP contribution < -0.4 is 11.1 Å². The number of carbonyl (C=O) groups excluding carboxylic acids is 1. The molecule has 0 radical (unpaired) electrons. The number of anilines is 1. The van der Waals surface area contributed by atoms with Crippen molar-refractivity contribution in [2.45, 2.75) is 45.1 Å². The summed E-state index contributed by atoms with van der Waals surface area (Å²) in [4.78, 5) is 12.3. The molecule has 4 heteroatoms. The molecule has 1 saturated carbocycles. The van der Waals surface area contributed by atoms with Crippen molar-refractivity contribution in [1.82, 2.24) is 0 Å². The van der Waals surface area contributed by atoms with Crippen LogP contribution in [0.15, 0.2) is 18.2 Å². The fraction of sp³-hybridized carbons (Fsp3) is 0.533. The van der Waals surface area contributed by atoms with Crippen molar-refractivity contribution in [2.24, 2.45) is 11.7 Å². The normalized spacial score (nSPS) is 23.7. The van der Waals surface area contributed by atoms with Gasteiger partial charge in [-0.2, -0.15) is 0 Å². The number of halogens is 1. The number of carbonyl (C=O) groups is 1. The van der Waals surface area contributed by atoms with Gasteiger partial charge < -0.3 is 11.1 Å². The maximum absolute atomic E-state index is 13.0. The van der Waals surface area contributed by atoms with E-state index in [0.29, 0.717) is 5.69 Å². The zero-order valence-electron chi connectivity index (χ0n) is 11.3. The SMILES string of the molecule is Cc1cc(F)ccc1NC(=O)C1CCCCCC1N. The summed E-state index contributed by atoms with van der Waals surface area (Å²) in [6.45, 7) is 1.78. The van der Waals surface area contributed by atoms with Crippen molar-refractivity contribution in [2.75, 3.05) is 5.32 Å². The Morgan fingerprint density at radius 2 is 2.05 bits per heavy atom. The Hall–Kier alpha value is -1.42. The number of aryl methyl sites for hydroxylation is 1. The zero-order valence-corrected chi connectivity index (χ0v) is 11.3. The third kappa shape index (κ3) is 3.53. The summed E-state index contributed by atoms with van der Waals surface area (Å²) in [7, 11) is 0. The van der Waals surface area contributed by atoms with Gasteiger partial charge in [0.15, 0.2) is 0 Å². The highest BCUT2D eigenvalue weighted by Gasteiger charge is 2.27. The lowest BCUT2D eigenvalue weighted by Gasteiger charge is -2.21. The van der Waals surface area contributed by atoms with Gasteiger partial charge in [0, 0.05) is 11.7 Å². The van der Waals surface area contributed by atoms with E-state index in [1.54, 1.807) is 13.0 Å². The van der Waals surface area contributed by atoms with Crippen LogP contribution in [0.5, 0.6) is 0 Å². The van der Waals surface area contributed by atoms with Crippen molar-refractivity contribution >= 4 is 11.6 Å². The average Bonchev–Trinajstić information content (AvgIpc) is 2.57. The predicted molar refractivity (Wildman–Crippen MR) is 74.3 cm³/mol. The molecule has 0 bridgehead atoms. The lowest BCUT2D eigenvalue weighted by atomic mass is 9.94. The van der Waals surface area contributed by atoms with Gasteiger partial charge in [-0.3, -0.25) is 4.79 Å². The first kappa shape index (κ1) is 14.0. The molecule has 19 heavy (non-hydrogen) atoms. The second kappa shape index (κ2) is 6.15. The first-order valence-corrected chi connectivity index (χ1v) is 6.90. The molecule has 0 heterocycles. The number of nitrogens with one attached hydrogen (secondary N) is 1. The fourth-order valence-corrected chi connectivity index (χ4v) is 2.65. The molecule has 3 N–H and O–H groups in total. The van der Waals surface area contributed by atoms with E-state index in [1.807, 2.05) is 0 Å². The molecule has 1 aromatic carbocycles. The Kier molecular flexibility index (Phi) is 4.53. The number of benzene rings is 1. The first-order valence-electron chi connectivity index (χ1n) is 6.90. The Balaban J connectivity index is 2.07. The Morgan fingerprint density at radius 3 is 2.79 bits per heavy atom. The highest BCUT2D eigenvalue weighted by Crippen LogP contribution is 2.24. The Bertz CT molecular complexity index is 461. The average molecular weight is 264 g/mol. The molecule has 1 aliphatic carbocycles. The van der Waals surface area contributed by atoms with E-state index in [9.17, 15) is 9.18 Å². The lowest BCUT2D eigenvalue weighted by molar-refractivity contribution is -0.120. The summed E-state index contributed by atoms with van der Waals surface area (Å²) in [5, 5.41) is 2.88. The van der Waals surface area contributed by atoms with Crippen LogP contribution in [0.4, 0.5) is 10.1 Å². The van der Waals surface area contributed by atoms with E-state index in [4.69, 9.17) is 5.73 Å². The number of amides is 1. The number of nitrogens with two attached hydrogens (primary N) is 1. The van der Waals surface area contributed by atoms with Crippen LogP contribution in [0.2, 0.25) is 0 Å². The second-order valence-corrected chi connectivity index (χ2v) is 5.36. The molecule has 1 amide bonds. The van der Waals surface area contributed by atoms with Crippen LogP contribution in [0.1, 0.15) is 37.7 Å². The van der Waals surface area contributed by atoms with Gasteiger partial charge in [0.1, 0.15) is 5.82 Å². The third-order valence-electron chi connectivity index (χ3n) is 3.85. The molecule has 1 fully saturated rings. The molecule has 2 atom stereocenters. The van der Waals surface area contributed by atoms with Crippen molar-refractivity contribution in [3.05, 3.63) is 29.6 Å². The summed E-state index contributed by atoms with van der Waals surface area (Å²) in [6.07, 6.45) is 5.04. The van der Waals surface area contributed by atoms with Crippen LogP contribution in [-0.2, 0) is 4.79 Å². The van der Waals surface area contributed by atoms with E-state index < -0.39 is 0 Å². The molecule has 1 aliphatic rings. The molecule has 0 spiro atoms. The van der Waals surface area contributed by atoms with Gasteiger partial charge in [0.05, 0.1) is 5.92 Å². The third-order valence-corrected chi connectivity index (χ3v) is 3.85. The Labute approximate surface area is 113 Å². The van der Waals surface area contributed by atoms with Gasteiger partial charge in [-0.25, -0.2) is 4.39 Å². The van der Waals surface area contributed by atoms with Crippen molar-refractivity contribution in [3.63, 3.8) is 0 Å². The smallest absolute Gasteiger partial charge is 0.229 e. The van der Waals surface area contributed by atoms with Crippen LogP contribution in [0.3, 0.4) is 0 Å². The van der Waals surface area contributed by atoms with Gasteiger partial charge >= 0.3 is 0 Å². The largest absolute Gasteiger partial charge is 0.327 e. The number of rotatable bonds is 2. The molecule has 3 nitrogen and oxygen atoms in total. The van der Waals surface area contributed by atoms with Gasteiger partial charge in [-0.05, 0) is 43.5 Å². The minimum Gasteiger partial charge on any atom is -0.327 e. The van der Waals surface area contributed by atoms with Gasteiger partial charge in [-0.1, -0.05) is 19.3 Å². The van der Waals surface area contributed by atoms with E-state index >= 15 is 0 Å².